The van der Waals surface area contributed by atoms with Crippen molar-refractivity contribution < 1.29 is 14.6 Å². The van der Waals surface area contributed by atoms with Crippen LogP contribution in [0.2, 0.25) is 0 Å². The van der Waals surface area contributed by atoms with Crippen LogP contribution in [0.1, 0.15) is 10.4 Å². The fourth-order valence-corrected chi connectivity index (χ4v) is 2.02. The third kappa shape index (κ3) is 2.62. The first-order chi connectivity index (χ1) is 9.72. The molecule has 5 heteroatoms. The van der Waals surface area contributed by atoms with Crippen molar-refractivity contribution >= 4 is 5.91 Å². The highest BCUT2D eigenvalue weighted by molar-refractivity contribution is 5.95. The number of hydrogen-bond donors (Lipinski definition) is 1. The number of ether oxygens (including phenoxy) is 1. The van der Waals surface area contributed by atoms with E-state index in [1.54, 1.807) is 41.4 Å². The van der Waals surface area contributed by atoms with Gasteiger partial charge in [-0.2, -0.15) is 0 Å². The lowest BCUT2D eigenvalue weighted by atomic mass is 10.1. The molecular formula is C15H14N2O3. The molecule has 102 valence electrons. The van der Waals surface area contributed by atoms with Gasteiger partial charge in [0.15, 0.2) is 0 Å². The van der Waals surface area contributed by atoms with Crippen LogP contribution in [0.15, 0.2) is 48.7 Å². The van der Waals surface area contributed by atoms with Gasteiger partial charge in [-0.3, -0.25) is 4.79 Å². The fraction of sp³-hybridized carbons (Fsp3) is 0.200. The Balaban J connectivity index is 1.74. The van der Waals surface area contributed by atoms with Gasteiger partial charge in [-0.05, 0) is 24.3 Å². The smallest absolute Gasteiger partial charge is 0.254 e. The van der Waals surface area contributed by atoms with Gasteiger partial charge < -0.3 is 14.7 Å². The molecular weight excluding hydrogens is 256 g/mol. The molecule has 0 bridgehead atoms. The van der Waals surface area contributed by atoms with E-state index < -0.39 is 6.10 Å². The van der Waals surface area contributed by atoms with Crippen molar-refractivity contribution in [2.75, 3.05) is 13.1 Å². The Bertz CT molecular complexity index is 610. The Kier molecular flexibility index (Phi) is 3.35. The summed E-state index contributed by atoms with van der Waals surface area (Å²) in [5, 5.41) is 9.24. The van der Waals surface area contributed by atoms with Gasteiger partial charge in [-0.15, -0.1) is 0 Å². The molecule has 0 radical (unpaired) electrons. The van der Waals surface area contributed by atoms with Crippen LogP contribution in [-0.4, -0.2) is 40.1 Å². The van der Waals surface area contributed by atoms with Gasteiger partial charge in [0.25, 0.3) is 5.91 Å². The lowest BCUT2D eigenvalue weighted by molar-refractivity contribution is 0.00588. The van der Waals surface area contributed by atoms with Crippen LogP contribution >= 0.6 is 0 Å². The van der Waals surface area contributed by atoms with Gasteiger partial charge in [0.2, 0.25) is 5.88 Å². The number of aliphatic hydroxyl groups is 1. The zero-order valence-corrected chi connectivity index (χ0v) is 10.8. The molecule has 2 aromatic rings. The van der Waals surface area contributed by atoms with Gasteiger partial charge in [-0.25, -0.2) is 4.98 Å². The number of β-amino-alcohol motifs (C(OH)–C–C–N with tert-alkyl or cyclic N) is 1. The topological polar surface area (TPSA) is 62.7 Å². The molecule has 1 aliphatic rings. The van der Waals surface area contributed by atoms with Gasteiger partial charge in [0.1, 0.15) is 5.75 Å². The maximum absolute atomic E-state index is 12.1. The molecule has 3 rings (SSSR count). The first kappa shape index (κ1) is 12.6. The number of aromatic nitrogens is 1. The van der Waals surface area contributed by atoms with E-state index in [2.05, 4.69) is 4.98 Å². The number of amides is 1. The van der Waals surface area contributed by atoms with Crippen molar-refractivity contribution in [2.24, 2.45) is 0 Å². The molecule has 1 aromatic heterocycles. The van der Waals surface area contributed by atoms with Gasteiger partial charge >= 0.3 is 0 Å². The number of carbonyl (C=O) groups is 1. The summed E-state index contributed by atoms with van der Waals surface area (Å²) >= 11 is 0. The lowest BCUT2D eigenvalue weighted by Crippen LogP contribution is -2.53. The van der Waals surface area contributed by atoms with Crippen molar-refractivity contribution in [1.82, 2.24) is 9.88 Å². The second-order valence-corrected chi connectivity index (χ2v) is 4.66. The average molecular weight is 270 g/mol. The third-order valence-corrected chi connectivity index (χ3v) is 3.09. The monoisotopic (exact) mass is 270 g/mol. The van der Waals surface area contributed by atoms with E-state index >= 15 is 0 Å². The molecule has 1 aromatic carbocycles. The first-order valence-corrected chi connectivity index (χ1v) is 6.38. The molecule has 0 aliphatic carbocycles. The summed E-state index contributed by atoms with van der Waals surface area (Å²) < 4.78 is 5.59. The fourth-order valence-electron chi connectivity index (χ4n) is 2.02. The minimum atomic E-state index is -0.396. The molecule has 0 spiro atoms. The number of pyridine rings is 1. The number of nitrogens with zero attached hydrogens (tertiary/aromatic N) is 2. The van der Waals surface area contributed by atoms with Crippen molar-refractivity contribution in [2.45, 2.75) is 6.10 Å². The van der Waals surface area contributed by atoms with E-state index in [-0.39, 0.29) is 5.91 Å². The highest BCUT2D eigenvalue weighted by atomic mass is 16.5. The highest BCUT2D eigenvalue weighted by Gasteiger charge is 2.29. The van der Waals surface area contributed by atoms with E-state index in [0.717, 1.165) is 0 Å². The van der Waals surface area contributed by atoms with Crippen LogP contribution in [0.3, 0.4) is 0 Å². The normalized spacial score (nSPS) is 14.8. The number of benzene rings is 1. The minimum Gasteiger partial charge on any atom is -0.439 e. The molecule has 20 heavy (non-hydrogen) atoms. The van der Waals surface area contributed by atoms with Crippen molar-refractivity contribution in [3.05, 3.63) is 54.2 Å². The minimum absolute atomic E-state index is 0.0956. The summed E-state index contributed by atoms with van der Waals surface area (Å²) in [7, 11) is 0. The Morgan fingerprint density at radius 1 is 1.25 bits per heavy atom. The van der Waals surface area contributed by atoms with Crippen LogP contribution in [0.4, 0.5) is 0 Å². The predicted molar refractivity (Wildman–Crippen MR) is 72.7 cm³/mol. The van der Waals surface area contributed by atoms with Gasteiger partial charge in [0.05, 0.1) is 6.10 Å². The molecule has 0 atom stereocenters. The number of hydrogen-bond acceptors (Lipinski definition) is 4. The SMILES string of the molecule is O=C(c1cccc(Oc2ccccn2)c1)N1CC(O)C1. The zero-order valence-electron chi connectivity index (χ0n) is 10.8. The molecule has 1 saturated heterocycles. The van der Waals surface area contributed by atoms with E-state index in [9.17, 15) is 9.90 Å². The Labute approximate surface area is 116 Å². The largest absolute Gasteiger partial charge is 0.439 e. The van der Waals surface area contributed by atoms with E-state index in [4.69, 9.17) is 4.74 Å². The second kappa shape index (κ2) is 5.30. The van der Waals surface area contributed by atoms with Crippen molar-refractivity contribution in [1.29, 1.82) is 0 Å². The van der Waals surface area contributed by atoms with Crippen molar-refractivity contribution in [3.8, 4) is 11.6 Å². The summed E-state index contributed by atoms with van der Waals surface area (Å²) in [4.78, 5) is 17.8. The lowest BCUT2D eigenvalue weighted by Gasteiger charge is -2.35. The van der Waals surface area contributed by atoms with Crippen LogP contribution in [0, 0.1) is 0 Å². The molecule has 1 amide bonds. The molecule has 0 saturated carbocycles. The summed E-state index contributed by atoms with van der Waals surface area (Å²) in [6.07, 6.45) is 1.25. The molecule has 5 nitrogen and oxygen atoms in total. The zero-order chi connectivity index (χ0) is 13.9. The maximum Gasteiger partial charge on any atom is 0.254 e. The van der Waals surface area contributed by atoms with Crippen molar-refractivity contribution in [3.63, 3.8) is 0 Å². The van der Waals surface area contributed by atoms with Gasteiger partial charge in [0, 0.05) is 30.9 Å². The summed E-state index contributed by atoms with van der Waals surface area (Å²) in [6, 6.07) is 12.3. The van der Waals surface area contributed by atoms with Crippen LogP contribution < -0.4 is 4.74 Å². The standard InChI is InChI=1S/C15H14N2O3/c18-12-9-17(10-12)15(19)11-4-3-5-13(8-11)20-14-6-1-2-7-16-14/h1-8,12,18H,9-10H2. The number of rotatable bonds is 3. The molecule has 1 fully saturated rings. The summed E-state index contributed by atoms with van der Waals surface area (Å²) in [6.45, 7) is 0.786. The molecule has 1 N–H and O–H groups in total. The molecule has 0 unspecified atom stereocenters. The third-order valence-electron chi connectivity index (χ3n) is 3.09. The van der Waals surface area contributed by atoms with E-state index in [1.165, 1.54) is 0 Å². The molecule has 1 aliphatic heterocycles. The Hall–Kier alpha value is -2.40. The quantitative estimate of drug-likeness (QED) is 0.922. The summed E-state index contributed by atoms with van der Waals surface area (Å²) in [5.41, 5.74) is 0.547. The van der Waals surface area contributed by atoms with Crippen LogP contribution in [-0.2, 0) is 0 Å². The number of carbonyl (C=O) groups excluding carboxylic acids is 1. The number of aliphatic hydroxyl groups excluding tert-OH is 1. The van der Waals surface area contributed by atoms with Crippen LogP contribution in [0.5, 0.6) is 11.6 Å². The van der Waals surface area contributed by atoms with E-state index in [1.807, 2.05) is 12.1 Å². The van der Waals surface area contributed by atoms with Gasteiger partial charge in [-0.1, -0.05) is 12.1 Å². The summed E-state index contributed by atoms with van der Waals surface area (Å²) in [5.74, 6) is 0.953. The first-order valence-electron chi connectivity index (χ1n) is 6.38. The Morgan fingerprint density at radius 2 is 2.10 bits per heavy atom. The number of likely N-dealkylation sites (tertiary alicyclic amines) is 1. The van der Waals surface area contributed by atoms with E-state index in [0.29, 0.717) is 30.3 Å². The Morgan fingerprint density at radius 3 is 2.80 bits per heavy atom. The second-order valence-electron chi connectivity index (χ2n) is 4.66. The van der Waals surface area contributed by atoms with Crippen LogP contribution in [0.25, 0.3) is 0 Å². The predicted octanol–water partition coefficient (Wildman–Crippen LogP) is 1.69. The maximum atomic E-state index is 12.1. The highest BCUT2D eigenvalue weighted by Crippen LogP contribution is 2.22. The average Bonchev–Trinajstić information content (AvgIpc) is 2.45. The molecule has 2 heterocycles.